The SMILES string of the molecule is COCCOc1cccc(Nc2nc(NCc3ccccc3)c3ncn([C@H]4CCNC4)c3n2)c1. The molecule has 0 aliphatic carbocycles. The first-order valence-corrected chi connectivity index (χ1v) is 11.5. The van der Waals surface area contributed by atoms with Crippen LogP contribution in [0.1, 0.15) is 18.0 Å². The maximum absolute atomic E-state index is 5.74. The van der Waals surface area contributed by atoms with Gasteiger partial charge in [-0.2, -0.15) is 9.97 Å². The second-order valence-corrected chi connectivity index (χ2v) is 8.20. The fraction of sp³-hybridized carbons (Fsp3) is 0.320. The molecule has 1 fully saturated rings. The van der Waals surface area contributed by atoms with Crippen LogP contribution in [-0.4, -0.2) is 52.9 Å². The highest BCUT2D eigenvalue weighted by atomic mass is 16.5. The van der Waals surface area contributed by atoms with Gasteiger partial charge in [-0.1, -0.05) is 36.4 Å². The molecule has 0 saturated carbocycles. The molecule has 4 aromatic rings. The standard InChI is InChI=1S/C25H29N7O2/c1-33-12-13-34-21-9-5-8-19(14-21)29-25-30-23(27-15-18-6-3-2-4-7-18)22-24(31-25)32(17-28-22)20-10-11-26-16-20/h2-9,14,17,20,26H,10-13,15-16H2,1H3,(H2,27,29,30,31)/t20-/m0/s1. The summed E-state index contributed by atoms with van der Waals surface area (Å²) in [7, 11) is 1.66. The number of nitrogens with zero attached hydrogens (tertiary/aromatic N) is 4. The number of rotatable bonds is 10. The molecule has 0 unspecified atom stereocenters. The minimum atomic E-state index is 0.326. The van der Waals surface area contributed by atoms with E-state index in [0.717, 1.165) is 42.1 Å². The third-order valence-corrected chi connectivity index (χ3v) is 5.80. The molecule has 34 heavy (non-hydrogen) atoms. The van der Waals surface area contributed by atoms with Crippen molar-refractivity contribution in [3.63, 3.8) is 0 Å². The topological polar surface area (TPSA) is 98.2 Å². The van der Waals surface area contributed by atoms with E-state index in [1.165, 1.54) is 5.56 Å². The summed E-state index contributed by atoms with van der Waals surface area (Å²) in [4.78, 5) is 14.3. The van der Waals surface area contributed by atoms with Gasteiger partial charge in [0.05, 0.1) is 19.0 Å². The van der Waals surface area contributed by atoms with Crippen LogP contribution in [0.5, 0.6) is 5.75 Å². The zero-order chi connectivity index (χ0) is 23.2. The average Bonchev–Trinajstić information content (AvgIpc) is 3.54. The van der Waals surface area contributed by atoms with Gasteiger partial charge in [0.25, 0.3) is 0 Å². The van der Waals surface area contributed by atoms with E-state index in [1.54, 1.807) is 7.11 Å². The van der Waals surface area contributed by atoms with E-state index in [9.17, 15) is 0 Å². The Morgan fingerprint density at radius 3 is 2.82 bits per heavy atom. The maximum Gasteiger partial charge on any atom is 0.231 e. The molecule has 3 N–H and O–H groups in total. The van der Waals surface area contributed by atoms with E-state index in [4.69, 9.17) is 19.4 Å². The number of ether oxygens (including phenoxy) is 2. The van der Waals surface area contributed by atoms with Gasteiger partial charge in [-0.3, -0.25) is 0 Å². The number of anilines is 3. The molecule has 0 bridgehead atoms. The predicted molar refractivity (Wildman–Crippen MR) is 133 cm³/mol. The Bertz CT molecular complexity index is 1220. The Labute approximate surface area is 198 Å². The first-order valence-electron chi connectivity index (χ1n) is 11.5. The van der Waals surface area contributed by atoms with E-state index in [2.05, 4.69) is 37.6 Å². The summed E-state index contributed by atoms with van der Waals surface area (Å²) in [5.74, 6) is 1.96. The van der Waals surface area contributed by atoms with E-state index < -0.39 is 0 Å². The van der Waals surface area contributed by atoms with Gasteiger partial charge >= 0.3 is 0 Å². The van der Waals surface area contributed by atoms with Gasteiger partial charge in [0.1, 0.15) is 12.4 Å². The van der Waals surface area contributed by atoms with Crippen LogP contribution in [0.3, 0.4) is 0 Å². The van der Waals surface area contributed by atoms with Gasteiger partial charge in [0.2, 0.25) is 5.95 Å². The molecule has 0 spiro atoms. The van der Waals surface area contributed by atoms with Gasteiger partial charge in [-0.05, 0) is 30.7 Å². The number of aromatic nitrogens is 4. The van der Waals surface area contributed by atoms with Crippen LogP contribution in [0.25, 0.3) is 11.2 Å². The number of fused-ring (bicyclic) bond motifs is 1. The quantitative estimate of drug-likeness (QED) is 0.309. The summed E-state index contributed by atoms with van der Waals surface area (Å²) >= 11 is 0. The van der Waals surface area contributed by atoms with Crippen LogP contribution in [0, 0.1) is 0 Å². The molecule has 1 atom stereocenters. The molecule has 3 heterocycles. The molecule has 9 heteroatoms. The van der Waals surface area contributed by atoms with Crippen molar-refractivity contribution in [3.05, 3.63) is 66.5 Å². The Kier molecular flexibility index (Phi) is 6.83. The van der Waals surface area contributed by atoms with Crippen molar-refractivity contribution in [2.24, 2.45) is 0 Å². The second-order valence-electron chi connectivity index (χ2n) is 8.20. The molecular weight excluding hydrogens is 430 g/mol. The molecule has 2 aromatic carbocycles. The number of hydrogen-bond acceptors (Lipinski definition) is 8. The van der Waals surface area contributed by atoms with Crippen LogP contribution in [0.4, 0.5) is 17.5 Å². The molecule has 9 nitrogen and oxygen atoms in total. The number of nitrogens with one attached hydrogen (secondary N) is 3. The van der Waals surface area contributed by atoms with E-state index in [1.807, 2.05) is 48.8 Å². The number of benzene rings is 2. The highest BCUT2D eigenvalue weighted by Gasteiger charge is 2.21. The Hall–Kier alpha value is -3.69. The van der Waals surface area contributed by atoms with Crippen molar-refractivity contribution in [3.8, 4) is 5.75 Å². The van der Waals surface area contributed by atoms with Gasteiger partial charge in [-0.15, -0.1) is 0 Å². The van der Waals surface area contributed by atoms with Crippen LogP contribution < -0.4 is 20.7 Å². The first-order chi connectivity index (χ1) is 16.8. The Morgan fingerprint density at radius 1 is 1.09 bits per heavy atom. The zero-order valence-electron chi connectivity index (χ0n) is 19.2. The minimum absolute atomic E-state index is 0.326. The van der Waals surface area contributed by atoms with Crippen molar-refractivity contribution in [2.75, 3.05) is 44.0 Å². The average molecular weight is 460 g/mol. The van der Waals surface area contributed by atoms with Gasteiger partial charge in [0.15, 0.2) is 17.0 Å². The molecule has 0 amide bonds. The zero-order valence-corrected chi connectivity index (χ0v) is 19.2. The third-order valence-electron chi connectivity index (χ3n) is 5.80. The monoisotopic (exact) mass is 459 g/mol. The molecule has 5 rings (SSSR count). The van der Waals surface area contributed by atoms with E-state index in [-0.39, 0.29) is 0 Å². The highest BCUT2D eigenvalue weighted by molar-refractivity contribution is 5.85. The highest BCUT2D eigenvalue weighted by Crippen LogP contribution is 2.28. The lowest BCUT2D eigenvalue weighted by molar-refractivity contribution is 0.146. The molecule has 176 valence electrons. The van der Waals surface area contributed by atoms with Gasteiger partial charge < -0.3 is 30.0 Å². The summed E-state index contributed by atoms with van der Waals surface area (Å²) in [6.07, 6.45) is 2.92. The summed E-state index contributed by atoms with van der Waals surface area (Å²) in [5, 5.41) is 10.2. The number of methoxy groups -OCH3 is 1. The largest absolute Gasteiger partial charge is 0.491 e. The summed E-state index contributed by atoms with van der Waals surface area (Å²) in [6, 6.07) is 18.3. The fourth-order valence-corrected chi connectivity index (χ4v) is 4.06. The van der Waals surface area contributed by atoms with E-state index >= 15 is 0 Å². The Morgan fingerprint density at radius 2 is 2.00 bits per heavy atom. The number of imidazole rings is 1. The molecule has 1 aliphatic rings. The van der Waals surface area contributed by atoms with Crippen molar-refractivity contribution < 1.29 is 9.47 Å². The van der Waals surface area contributed by atoms with Crippen molar-refractivity contribution in [2.45, 2.75) is 19.0 Å². The lowest BCUT2D eigenvalue weighted by Crippen LogP contribution is -2.13. The summed E-state index contributed by atoms with van der Waals surface area (Å²) < 4.78 is 13.0. The second kappa shape index (κ2) is 10.5. The minimum Gasteiger partial charge on any atom is -0.491 e. The Balaban J connectivity index is 1.44. The molecular formula is C25H29N7O2. The van der Waals surface area contributed by atoms with Crippen LogP contribution >= 0.6 is 0 Å². The van der Waals surface area contributed by atoms with Crippen molar-refractivity contribution in [1.29, 1.82) is 0 Å². The molecule has 1 saturated heterocycles. The molecule has 0 radical (unpaired) electrons. The lowest BCUT2D eigenvalue weighted by atomic mass is 10.2. The van der Waals surface area contributed by atoms with Crippen molar-refractivity contribution >= 4 is 28.6 Å². The summed E-state index contributed by atoms with van der Waals surface area (Å²) in [5.41, 5.74) is 3.60. The smallest absolute Gasteiger partial charge is 0.231 e. The predicted octanol–water partition coefficient (Wildman–Crippen LogP) is 3.74. The van der Waals surface area contributed by atoms with Crippen molar-refractivity contribution in [1.82, 2.24) is 24.8 Å². The fourth-order valence-electron chi connectivity index (χ4n) is 4.06. The van der Waals surface area contributed by atoms with Gasteiger partial charge in [-0.25, -0.2) is 4.98 Å². The first kappa shape index (κ1) is 22.1. The third kappa shape index (κ3) is 5.11. The van der Waals surface area contributed by atoms with E-state index in [0.29, 0.717) is 37.6 Å². The van der Waals surface area contributed by atoms with Crippen LogP contribution in [-0.2, 0) is 11.3 Å². The number of hydrogen-bond donors (Lipinski definition) is 3. The van der Waals surface area contributed by atoms with Crippen LogP contribution in [0.15, 0.2) is 60.9 Å². The van der Waals surface area contributed by atoms with Gasteiger partial charge in [0, 0.05) is 32.0 Å². The normalized spacial score (nSPS) is 15.5. The molecule has 2 aromatic heterocycles. The summed E-state index contributed by atoms with van der Waals surface area (Å²) in [6.45, 7) is 3.58. The lowest BCUT2D eigenvalue weighted by Gasteiger charge is -2.14. The maximum atomic E-state index is 5.74. The molecule has 1 aliphatic heterocycles. The van der Waals surface area contributed by atoms with Crippen LogP contribution in [0.2, 0.25) is 0 Å².